The molecule has 4 nitrogen and oxygen atoms in total. The topological polar surface area (TPSA) is 63.6 Å². The zero-order valence-electron chi connectivity index (χ0n) is 6.24. The number of hydrogen-bond donors (Lipinski definition) is 1. The molecular weight excluding hydrogens is 148 g/mol. The Morgan fingerprint density at radius 3 is 2.36 bits per heavy atom. The number of esters is 1. The summed E-state index contributed by atoms with van der Waals surface area (Å²) in [6.45, 7) is 1.33. The molecule has 0 aliphatic heterocycles. The van der Waals surface area contributed by atoms with Gasteiger partial charge < -0.3 is 9.84 Å². The van der Waals surface area contributed by atoms with Gasteiger partial charge in [-0.3, -0.25) is 9.59 Å². The molecule has 1 rings (SSSR count). The lowest BCUT2D eigenvalue weighted by molar-refractivity contribution is -0.162. The van der Waals surface area contributed by atoms with E-state index in [0.29, 0.717) is 12.8 Å². The zero-order valence-corrected chi connectivity index (χ0v) is 6.24. The molecule has 0 amide bonds. The molecule has 1 aliphatic carbocycles. The highest BCUT2D eigenvalue weighted by Gasteiger charge is 2.36. The van der Waals surface area contributed by atoms with E-state index in [1.165, 1.54) is 6.92 Å². The Morgan fingerprint density at radius 1 is 1.45 bits per heavy atom. The van der Waals surface area contributed by atoms with Crippen LogP contribution in [0.4, 0.5) is 0 Å². The quantitative estimate of drug-likeness (QED) is 0.591. The summed E-state index contributed by atoms with van der Waals surface area (Å²) < 4.78 is 4.76. The minimum absolute atomic E-state index is 0.159. The van der Waals surface area contributed by atoms with Gasteiger partial charge in [0.2, 0.25) is 0 Å². The van der Waals surface area contributed by atoms with Crippen molar-refractivity contribution in [1.29, 1.82) is 0 Å². The lowest BCUT2D eigenvalue weighted by atomic mass is 9.82. The molecule has 1 saturated carbocycles. The van der Waals surface area contributed by atoms with Crippen LogP contribution in [-0.4, -0.2) is 23.1 Å². The maximum Gasteiger partial charge on any atom is 0.306 e. The number of hydrogen-bond acceptors (Lipinski definition) is 3. The fraction of sp³-hybridized carbons (Fsp3) is 0.714. The average molecular weight is 158 g/mol. The average Bonchev–Trinajstić information content (AvgIpc) is 1.75. The van der Waals surface area contributed by atoms with Gasteiger partial charge in [0.1, 0.15) is 6.10 Å². The summed E-state index contributed by atoms with van der Waals surface area (Å²) in [5.74, 6) is -1.44. The Morgan fingerprint density at radius 2 is 2.00 bits per heavy atom. The number of carboxylic acid groups (broad SMARTS) is 1. The molecule has 1 fully saturated rings. The summed E-state index contributed by atoms with van der Waals surface area (Å²) in [5.41, 5.74) is 0. The van der Waals surface area contributed by atoms with Crippen molar-refractivity contribution in [2.75, 3.05) is 0 Å². The first-order chi connectivity index (χ1) is 5.09. The molecule has 0 radical (unpaired) electrons. The number of carboxylic acids is 1. The van der Waals surface area contributed by atoms with Crippen molar-refractivity contribution in [2.24, 2.45) is 5.92 Å². The van der Waals surface area contributed by atoms with E-state index in [1.54, 1.807) is 0 Å². The maximum atomic E-state index is 10.4. The van der Waals surface area contributed by atoms with Crippen LogP contribution in [0.5, 0.6) is 0 Å². The third-order valence-corrected chi connectivity index (χ3v) is 1.78. The van der Waals surface area contributed by atoms with E-state index in [2.05, 4.69) is 0 Å². The zero-order chi connectivity index (χ0) is 8.43. The molecule has 11 heavy (non-hydrogen) atoms. The summed E-state index contributed by atoms with van der Waals surface area (Å²) in [7, 11) is 0. The van der Waals surface area contributed by atoms with Crippen molar-refractivity contribution in [2.45, 2.75) is 25.9 Å². The predicted octanol–water partition coefficient (Wildman–Crippen LogP) is 0.413. The van der Waals surface area contributed by atoms with Crippen LogP contribution in [0.1, 0.15) is 19.8 Å². The van der Waals surface area contributed by atoms with Crippen molar-refractivity contribution < 1.29 is 19.4 Å². The molecular formula is C7H10O4. The lowest BCUT2D eigenvalue weighted by Crippen LogP contribution is -2.37. The second kappa shape index (κ2) is 2.90. The van der Waals surface area contributed by atoms with Crippen LogP contribution >= 0.6 is 0 Å². The van der Waals surface area contributed by atoms with Crippen LogP contribution in [0.3, 0.4) is 0 Å². The van der Waals surface area contributed by atoms with Gasteiger partial charge in [-0.15, -0.1) is 0 Å². The lowest BCUT2D eigenvalue weighted by Gasteiger charge is -2.31. The van der Waals surface area contributed by atoms with Crippen molar-refractivity contribution >= 4 is 11.9 Å². The molecule has 0 unspecified atom stereocenters. The number of rotatable bonds is 2. The molecule has 0 aromatic carbocycles. The first kappa shape index (κ1) is 8.04. The molecule has 4 heteroatoms. The van der Waals surface area contributed by atoms with Gasteiger partial charge in [-0.25, -0.2) is 0 Å². The van der Waals surface area contributed by atoms with E-state index in [1.807, 2.05) is 0 Å². The normalized spacial score (nSPS) is 28.8. The van der Waals surface area contributed by atoms with Gasteiger partial charge in [0.15, 0.2) is 0 Å². The highest BCUT2D eigenvalue weighted by atomic mass is 16.5. The SMILES string of the molecule is CC(=O)O[C@H]1C[C@@H](C(=O)O)C1. The van der Waals surface area contributed by atoms with E-state index in [0.717, 1.165) is 0 Å². The van der Waals surface area contributed by atoms with Gasteiger partial charge in [0.05, 0.1) is 5.92 Å². The first-order valence-corrected chi connectivity index (χ1v) is 3.49. The van der Waals surface area contributed by atoms with E-state index in [-0.39, 0.29) is 18.0 Å². The highest BCUT2D eigenvalue weighted by molar-refractivity contribution is 5.72. The van der Waals surface area contributed by atoms with E-state index in [9.17, 15) is 9.59 Å². The fourth-order valence-electron chi connectivity index (χ4n) is 1.10. The van der Waals surface area contributed by atoms with E-state index >= 15 is 0 Å². The second-order valence-electron chi connectivity index (χ2n) is 2.74. The van der Waals surface area contributed by atoms with Crippen molar-refractivity contribution in [3.63, 3.8) is 0 Å². The summed E-state index contributed by atoms with van der Waals surface area (Å²) >= 11 is 0. The van der Waals surface area contributed by atoms with Crippen molar-refractivity contribution in [3.8, 4) is 0 Å². The van der Waals surface area contributed by atoms with Crippen LogP contribution in [-0.2, 0) is 14.3 Å². The fourth-order valence-corrected chi connectivity index (χ4v) is 1.10. The van der Waals surface area contributed by atoms with Crippen LogP contribution in [0.25, 0.3) is 0 Å². The Kier molecular flexibility index (Phi) is 2.12. The second-order valence-corrected chi connectivity index (χ2v) is 2.74. The van der Waals surface area contributed by atoms with Gasteiger partial charge >= 0.3 is 11.9 Å². The van der Waals surface area contributed by atoms with Gasteiger partial charge in [-0.05, 0) is 12.8 Å². The smallest absolute Gasteiger partial charge is 0.306 e. The largest absolute Gasteiger partial charge is 0.481 e. The van der Waals surface area contributed by atoms with Crippen LogP contribution < -0.4 is 0 Å². The van der Waals surface area contributed by atoms with E-state index < -0.39 is 5.97 Å². The molecule has 62 valence electrons. The molecule has 1 N–H and O–H groups in total. The molecule has 1 aliphatic rings. The number of carbonyl (C=O) groups is 2. The van der Waals surface area contributed by atoms with Crippen LogP contribution in [0.2, 0.25) is 0 Å². The summed E-state index contributed by atoms with van der Waals surface area (Å²) in [6.07, 6.45) is 0.776. The third kappa shape index (κ3) is 1.93. The number of ether oxygens (including phenoxy) is 1. The molecule has 0 saturated heterocycles. The Labute approximate surface area is 64.2 Å². The number of carbonyl (C=O) groups excluding carboxylic acids is 1. The van der Waals surface area contributed by atoms with Crippen LogP contribution in [0.15, 0.2) is 0 Å². The van der Waals surface area contributed by atoms with Gasteiger partial charge in [-0.1, -0.05) is 0 Å². The summed E-state index contributed by atoms with van der Waals surface area (Å²) in [6, 6.07) is 0. The molecule has 0 aromatic heterocycles. The summed E-state index contributed by atoms with van der Waals surface area (Å²) in [4.78, 5) is 20.6. The van der Waals surface area contributed by atoms with Crippen LogP contribution in [0, 0.1) is 5.92 Å². The number of aliphatic carboxylic acids is 1. The monoisotopic (exact) mass is 158 g/mol. The Bertz CT molecular complexity index is 181. The third-order valence-electron chi connectivity index (χ3n) is 1.78. The molecule has 0 atom stereocenters. The summed E-state index contributed by atoms with van der Waals surface area (Å²) in [5, 5.41) is 8.44. The van der Waals surface area contributed by atoms with Crippen molar-refractivity contribution in [1.82, 2.24) is 0 Å². The highest BCUT2D eigenvalue weighted by Crippen LogP contribution is 2.29. The van der Waals surface area contributed by atoms with Gasteiger partial charge in [0.25, 0.3) is 0 Å². The predicted molar refractivity (Wildman–Crippen MR) is 35.9 cm³/mol. The first-order valence-electron chi connectivity index (χ1n) is 3.49. The maximum absolute atomic E-state index is 10.4. The van der Waals surface area contributed by atoms with Crippen molar-refractivity contribution in [3.05, 3.63) is 0 Å². The minimum atomic E-state index is -0.798. The molecule has 0 aromatic rings. The molecule has 0 spiro atoms. The molecule has 0 bridgehead atoms. The van der Waals surface area contributed by atoms with Gasteiger partial charge in [0, 0.05) is 6.92 Å². The minimum Gasteiger partial charge on any atom is -0.481 e. The Balaban J connectivity index is 2.19. The Hall–Kier alpha value is -1.06. The van der Waals surface area contributed by atoms with E-state index in [4.69, 9.17) is 9.84 Å². The standard InChI is InChI=1S/C7H10O4/c1-4(8)11-6-2-5(3-6)7(9)10/h5-6H,2-3H2,1H3,(H,9,10)/t5-,6+. The molecule has 0 heterocycles. The van der Waals surface area contributed by atoms with Gasteiger partial charge in [-0.2, -0.15) is 0 Å².